The Labute approximate surface area is 289 Å². The van der Waals surface area contributed by atoms with Crippen LogP contribution >= 0.6 is 0 Å². The number of allylic oxidation sites excluding steroid dienone is 2. The van der Waals surface area contributed by atoms with Crippen molar-refractivity contribution >= 4 is 29.0 Å². The van der Waals surface area contributed by atoms with Crippen molar-refractivity contribution < 1.29 is 9.59 Å². The zero-order valence-corrected chi connectivity index (χ0v) is 28.4. The molecule has 4 heteroatoms. The summed E-state index contributed by atoms with van der Waals surface area (Å²) in [6.07, 6.45) is 8.48. The van der Waals surface area contributed by atoms with E-state index in [2.05, 4.69) is 78.7 Å². The molecule has 1 aliphatic heterocycles. The maximum atomic E-state index is 15.1. The van der Waals surface area contributed by atoms with Crippen LogP contribution in [0.25, 0.3) is 6.08 Å². The maximum absolute atomic E-state index is 15.1. The maximum Gasteiger partial charge on any atom is 0.212 e. The van der Waals surface area contributed by atoms with Crippen LogP contribution in [0.1, 0.15) is 78.1 Å². The largest absolute Gasteiger partial charge is 0.288 e. The molecule has 8 rings (SSSR count). The summed E-state index contributed by atoms with van der Waals surface area (Å²) in [5.74, 6) is -0.363. The molecule has 0 unspecified atom stereocenters. The number of carbonyl (C=O) groups excluding carboxylic acids is 2. The molecule has 0 spiro atoms. The molecule has 0 atom stereocenters. The van der Waals surface area contributed by atoms with Gasteiger partial charge in [0, 0.05) is 11.1 Å². The molecule has 2 aliphatic carbocycles. The lowest BCUT2D eigenvalue weighted by molar-refractivity contribution is 0.100. The second kappa shape index (κ2) is 12.5. The van der Waals surface area contributed by atoms with Crippen LogP contribution in [-0.4, -0.2) is 11.6 Å². The van der Waals surface area contributed by atoms with Gasteiger partial charge in [-0.15, -0.1) is 0 Å². The monoisotopic (exact) mass is 640 g/mol. The molecule has 0 saturated heterocycles. The van der Waals surface area contributed by atoms with Gasteiger partial charge in [-0.2, -0.15) is 0 Å². The molecular weight excluding hydrogens is 601 g/mol. The van der Waals surface area contributed by atoms with Crippen LogP contribution in [0.4, 0.5) is 11.4 Å². The van der Waals surface area contributed by atoms with Crippen LogP contribution in [0.15, 0.2) is 126 Å². The van der Waals surface area contributed by atoms with Crippen LogP contribution < -0.4 is 10.0 Å². The third kappa shape index (κ3) is 5.72. The number of Topliss-reactive ketones (excluding diaryl/α,β-unsaturated/α-hetero) is 2. The van der Waals surface area contributed by atoms with Gasteiger partial charge < -0.3 is 0 Å². The zero-order valence-electron chi connectivity index (χ0n) is 28.4. The predicted molar refractivity (Wildman–Crippen MR) is 199 cm³/mol. The number of carbonyl (C=O) groups is 2. The van der Waals surface area contributed by atoms with Crippen molar-refractivity contribution in [3.63, 3.8) is 0 Å². The van der Waals surface area contributed by atoms with Crippen molar-refractivity contribution in [3.8, 4) is 0 Å². The summed E-state index contributed by atoms with van der Waals surface area (Å²) in [5.41, 5.74) is 14.0. The predicted octanol–water partition coefficient (Wildman–Crippen LogP) is 9.89. The fourth-order valence-electron chi connectivity index (χ4n) is 7.50. The van der Waals surface area contributed by atoms with Crippen LogP contribution in [0, 0.1) is 20.8 Å². The van der Waals surface area contributed by atoms with E-state index >= 15 is 9.59 Å². The molecule has 5 aromatic carbocycles. The second-order valence-corrected chi connectivity index (χ2v) is 13.8. The molecule has 0 N–H and O–H groups in total. The first-order valence-electron chi connectivity index (χ1n) is 17.4. The van der Waals surface area contributed by atoms with Crippen LogP contribution in [0.5, 0.6) is 0 Å². The summed E-state index contributed by atoms with van der Waals surface area (Å²) >= 11 is 0. The summed E-state index contributed by atoms with van der Waals surface area (Å²) in [5, 5.41) is 4.15. The number of benzene rings is 5. The topological polar surface area (TPSA) is 40.6 Å². The van der Waals surface area contributed by atoms with E-state index in [9.17, 15) is 0 Å². The molecule has 0 radical (unpaired) electrons. The zero-order chi connectivity index (χ0) is 33.6. The number of hydrogen-bond acceptors (Lipinski definition) is 4. The highest BCUT2D eigenvalue weighted by Gasteiger charge is 2.43. The molecule has 0 bridgehead atoms. The Bertz CT molecular complexity index is 2170. The fraction of sp³-hybridized carbons (Fsp3) is 0.200. The molecule has 0 saturated carbocycles. The lowest BCUT2D eigenvalue weighted by Crippen LogP contribution is -2.39. The van der Waals surface area contributed by atoms with Gasteiger partial charge in [-0.05, 0) is 117 Å². The molecule has 3 aliphatic rings. The first-order valence-corrected chi connectivity index (χ1v) is 17.4. The van der Waals surface area contributed by atoms with Gasteiger partial charge in [0.25, 0.3) is 0 Å². The normalized spacial score (nSPS) is 16.0. The smallest absolute Gasteiger partial charge is 0.212 e. The van der Waals surface area contributed by atoms with Crippen molar-refractivity contribution in [2.75, 3.05) is 10.0 Å². The summed E-state index contributed by atoms with van der Waals surface area (Å²) < 4.78 is 0. The lowest BCUT2D eigenvalue weighted by atomic mass is 9.94. The average Bonchev–Trinajstić information content (AvgIpc) is 3.86. The van der Waals surface area contributed by atoms with Gasteiger partial charge in [-0.3, -0.25) is 9.59 Å². The Hall–Kier alpha value is -5.48. The Balaban J connectivity index is 1.44. The molecule has 0 amide bonds. The van der Waals surface area contributed by atoms with Crippen molar-refractivity contribution in [2.24, 2.45) is 0 Å². The molecule has 242 valence electrons. The number of ketones is 2. The molecule has 0 fully saturated rings. The quantitative estimate of drug-likeness (QED) is 0.166. The molecule has 4 nitrogen and oxygen atoms in total. The van der Waals surface area contributed by atoms with E-state index in [1.165, 1.54) is 22.3 Å². The van der Waals surface area contributed by atoms with Crippen molar-refractivity contribution in [1.82, 2.24) is 0 Å². The van der Waals surface area contributed by atoms with E-state index in [1.807, 2.05) is 67.4 Å². The van der Waals surface area contributed by atoms with Crippen molar-refractivity contribution in [1.29, 1.82) is 0 Å². The Morgan fingerprint density at radius 2 is 0.959 bits per heavy atom. The van der Waals surface area contributed by atoms with Gasteiger partial charge in [0.1, 0.15) is 5.70 Å². The molecule has 0 aromatic heterocycles. The van der Waals surface area contributed by atoms with Gasteiger partial charge in [-0.25, -0.2) is 10.0 Å². The lowest BCUT2D eigenvalue weighted by Gasteiger charge is -2.35. The Kier molecular flexibility index (Phi) is 7.88. The van der Waals surface area contributed by atoms with Crippen LogP contribution in [0.3, 0.4) is 0 Å². The summed E-state index contributed by atoms with van der Waals surface area (Å²) in [6.45, 7) is 6.11. The molecule has 1 heterocycles. The standard InChI is InChI=1S/C45H40N2O2/c1-29-10-16-32(17-11-29)26-41-42(44(48)35-18-12-30(2)13-19-35)43(45(49)36-20-14-31(3)15-21-36)47(40-25-23-34-7-5-9-38(34)28-40)46(41)39-24-22-33-6-4-8-37(33)27-39/h10-28H,4-9H2,1-3H3/b41-26-. The number of hydrazine groups is 1. The highest BCUT2D eigenvalue weighted by molar-refractivity contribution is 6.24. The van der Waals surface area contributed by atoms with E-state index in [-0.39, 0.29) is 11.6 Å². The van der Waals surface area contributed by atoms with Gasteiger partial charge in [-0.1, -0.05) is 102 Å². The van der Waals surface area contributed by atoms with Crippen LogP contribution in [-0.2, 0) is 25.7 Å². The van der Waals surface area contributed by atoms with Crippen molar-refractivity contribution in [2.45, 2.75) is 59.3 Å². The Morgan fingerprint density at radius 3 is 1.49 bits per heavy atom. The second-order valence-electron chi connectivity index (χ2n) is 13.8. The molecule has 49 heavy (non-hydrogen) atoms. The molecular formula is C45H40N2O2. The third-order valence-corrected chi connectivity index (χ3v) is 10.2. The minimum absolute atomic E-state index is 0.177. The first kappa shape index (κ1) is 30.8. The van der Waals surface area contributed by atoms with E-state index in [4.69, 9.17) is 0 Å². The summed E-state index contributed by atoms with van der Waals surface area (Å²) in [7, 11) is 0. The van der Waals surface area contributed by atoms with Gasteiger partial charge in [0.2, 0.25) is 5.78 Å². The highest BCUT2D eigenvalue weighted by atomic mass is 16.1. The molecule has 5 aromatic rings. The number of nitrogens with zero attached hydrogens (tertiary/aromatic N) is 2. The van der Waals surface area contributed by atoms with Gasteiger partial charge >= 0.3 is 0 Å². The number of fused-ring (bicyclic) bond motifs is 2. The number of rotatable bonds is 7. The van der Waals surface area contributed by atoms with E-state index in [1.54, 1.807) is 0 Å². The SMILES string of the molecule is Cc1ccc(/C=C2/C(C(=O)c3ccc(C)cc3)=C(C(=O)c3ccc(C)cc3)N(c3ccc4c(c3)CCC4)N2c2ccc3c(c2)CCC3)cc1. The fourth-order valence-corrected chi connectivity index (χ4v) is 7.50. The van der Waals surface area contributed by atoms with Crippen LogP contribution in [0.2, 0.25) is 0 Å². The van der Waals surface area contributed by atoms with E-state index in [0.717, 1.165) is 72.2 Å². The number of hydrogen-bond donors (Lipinski definition) is 0. The van der Waals surface area contributed by atoms with Gasteiger partial charge in [0.05, 0.1) is 22.6 Å². The first-order chi connectivity index (χ1) is 23.8. The third-order valence-electron chi connectivity index (χ3n) is 10.2. The minimum Gasteiger partial charge on any atom is -0.288 e. The number of aryl methyl sites for hydroxylation is 7. The van der Waals surface area contributed by atoms with E-state index in [0.29, 0.717) is 28.1 Å². The number of anilines is 2. The highest BCUT2D eigenvalue weighted by Crippen LogP contribution is 2.45. The Morgan fingerprint density at radius 1 is 0.510 bits per heavy atom. The minimum atomic E-state index is -0.186. The average molecular weight is 641 g/mol. The van der Waals surface area contributed by atoms with E-state index < -0.39 is 0 Å². The van der Waals surface area contributed by atoms with Crippen molar-refractivity contribution in [3.05, 3.63) is 182 Å². The van der Waals surface area contributed by atoms with Gasteiger partial charge in [0.15, 0.2) is 5.78 Å². The summed E-state index contributed by atoms with van der Waals surface area (Å²) in [6, 6.07) is 36.9. The summed E-state index contributed by atoms with van der Waals surface area (Å²) in [4.78, 5) is 30.1.